The number of anilines is 2. The normalized spacial score (nSPS) is 12.2. The van der Waals surface area contributed by atoms with Crippen molar-refractivity contribution in [1.82, 2.24) is 9.97 Å². The average Bonchev–Trinajstić information content (AvgIpc) is 3.25. The molecule has 0 unspecified atom stereocenters. The van der Waals surface area contributed by atoms with Crippen LogP contribution in [0.3, 0.4) is 0 Å². The van der Waals surface area contributed by atoms with Crippen LogP contribution in [0.4, 0.5) is 15.9 Å². The van der Waals surface area contributed by atoms with Crippen molar-refractivity contribution in [1.29, 1.82) is 0 Å². The minimum atomic E-state index is -5.27. The van der Waals surface area contributed by atoms with E-state index < -0.39 is 32.4 Å². The van der Waals surface area contributed by atoms with E-state index in [0.717, 1.165) is 12.1 Å². The molecule has 1 amide bonds. The summed E-state index contributed by atoms with van der Waals surface area (Å²) in [4.78, 5) is 59.4. The Bertz CT molecular complexity index is 1480. The molecule has 2 aromatic carbocycles. The van der Waals surface area contributed by atoms with Crippen LogP contribution in [0.2, 0.25) is 0 Å². The Hall–Kier alpha value is -3.02. The highest BCUT2D eigenvalue weighted by Crippen LogP contribution is 2.59. The zero-order chi connectivity index (χ0) is 25.4. The lowest BCUT2D eigenvalue weighted by atomic mass is 10.1. The van der Waals surface area contributed by atoms with Crippen LogP contribution < -0.4 is 10.6 Å². The predicted molar refractivity (Wildman–Crippen MR) is 129 cm³/mol. The Morgan fingerprint density at radius 3 is 2.31 bits per heavy atom. The van der Waals surface area contributed by atoms with E-state index in [1.807, 2.05) is 0 Å². The number of amides is 1. The van der Waals surface area contributed by atoms with Crippen LogP contribution in [0.25, 0.3) is 21.6 Å². The van der Waals surface area contributed by atoms with Crippen LogP contribution in [0.5, 0.6) is 0 Å². The van der Waals surface area contributed by atoms with Crippen LogP contribution in [0.1, 0.15) is 10.4 Å². The van der Waals surface area contributed by atoms with Gasteiger partial charge in [0.15, 0.2) is 5.82 Å². The van der Waals surface area contributed by atoms with Crippen molar-refractivity contribution in [2.24, 2.45) is 0 Å². The Labute approximate surface area is 201 Å². The third kappa shape index (κ3) is 5.80. The molecule has 0 aliphatic rings. The molecule has 2 aromatic heterocycles. The molecule has 0 saturated carbocycles. The zero-order valence-corrected chi connectivity index (χ0v) is 20.0. The number of carbonyl (C=O) groups excluding carboxylic acids is 1. The number of nitrogens with zero attached hydrogens (tertiary/aromatic N) is 2. The summed E-state index contributed by atoms with van der Waals surface area (Å²) in [5.74, 6) is -1.06. The van der Waals surface area contributed by atoms with Crippen LogP contribution in [0, 0.1) is 5.82 Å². The molecule has 0 spiro atoms. The van der Waals surface area contributed by atoms with Gasteiger partial charge in [0.05, 0.1) is 5.39 Å². The molecule has 15 heteroatoms. The van der Waals surface area contributed by atoms with Gasteiger partial charge in [0.25, 0.3) is 5.91 Å². The van der Waals surface area contributed by atoms with Gasteiger partial charge in [-0.15, -0.1) is 11.3 Å². The first-order valence-electron chi connectivity index (χ1n) is 9.71. The van der Waals surface area contributed by atoms with Gasteiger partial charge >= 0.3 is 15.2 Å². The first-order chi connectivity index (χ1) is 16.4. The molecular weight excluding hydrogens is 521 g/mol. The minimum absolute atomic E-state index is 0.0792. The summed E-state index contributed by atoms with van der Waals surface area (Å²) in [6.07, 6.45) is 0. The monoisotopic (exact) mass is 538 g/mol. The smallest absolute Gasteiger partial charge is 0.346 e. The average molecular weight is 538 g/mol. The molecule has 0 aliphatic heterocycles. The highest BCUT2D eigenvalue weighted by Gasteiger charge is 2.44. The second-order valence-electron chi connectivity index (χ2n) is 7.27. The molecule has 0 radical (unpaired) electrons. The number of thiophene rings is 1. The molecule has 0 fully saturated rings. The van der Waals surface area contributed by atoms with E-state index in [2.05, 4.69) is 20.6 Å². The summed E-state index contributed by atoms with van der Waals surface area (Å²) < 4.78 is 36.6. The summed E-state index contributed by atoms with van der Waals surface area (Å²) >= 11 is 1.19. The van der Waals surface area contributed by atoms with Gasteiger partial charge in [0.2, 0.25) is 5.52 Å². The van der Waals surface area contributed by atoms with E-state index >= 15 is 0 Å². The van der Waals surface area contributed by atoms with Crippen LogP contribution >= 0.6 is 26.5 Å². The number of carbonyl (C=O) groups is 1. The predicted octanol–water partition coefficient (Wildman–Crippen LogP) is 3.80. The summed E-state index contributed by atoms with van der Waals surface area (Å²) in [6, 6.07) is 12.9. The fourth-order valence-electron chi connectivity index (χ4n) is 3.12. The standard InChI is InChI=1S/C20H17FN4O7P2S/c21-13-6-4-11(5-7-13)18(26)22-14-3-1-2-12(10-14)16-23-17(15-8-9-35-19(15)24-16)25-20(33(27,28)29)34(30,31)32/h1-10,20H,(H,22,26)(H,23,24,25)(H2,27,28,29)(H2,30,31,32). The largest absolute Gasteiger partial charge is 0.360 e. The van der Waals surface area contributed by atoms with E-state index in [-0.39, 0.29) is 17.2 Å². The number of fused-ring (bicyclic) bond motifs is 1. The molecule has 6 N–H and O–H groups in total. The van der Waals surface area contributed by atoms with E-state index in [1.54, 1.807) is 35.7 Å². The maximum Gasteiger partial charge on any atom is 0.360 e. The number of aromatic nitrogens is 2. The first-order valence-corrected chi connectivity index (χ1v) is 14.0. The summed E-state index contributed by atoms with van der Waals surface area (Å²) in [6.45, 7) is 0. The Morgan fingerprint density at radius 1 is 0.971 bits per heavy atom. The zero-order valence-electron chi connectivity index (χ0n) is 17.4. The maximum absolute atomic E-state index is 13.1. The van der Waals surface area contributed by atoms with E-state index in [0.29, 0.717) is 21.5 Å². The SMILES string of the molecule is O=C(Nc1cccc(-c2nc(NC(P(=O)(O)O)P(=O)(O)O)c3ccsc3n2)c1)c1ccc(F)cc1. The quantitative estimate of drug-likeness (QED) is 0.189. The molecule has 4 aromatic rings. The van der Waals surface area contributed by atoms with Gasteiger partial charge in [0.1, 0.15) is 16.5 Å². The third-order valence-electron chi connectivity index (χ3n) is 4.71. The summed E-state index contributed by atoms with van der Waals surface area (Å²) in [5.41, 5.74) is -1.49. The summed E-state index contributed by atoms with van der Waals surface area (Å²) in [7, 11) is -10.5. The Morgan fingerprint density at radius 2 is 1.66 bits per heavy atom. The van der Waals surface area contributed by atoms with Crippen molar-refractivity contribution in [3.63, 3.8) is 0 Å². The molecule has 2 heterocycles. The molecule has 4 rings (SSSR count). The molecule has 182 valence electrons. The van der Waals surface area contributed by atoms with Crippen molar-refractivity contribution >= 4 is 54.2 Å². The second kappa shape index (κ2) is 9.56. The van der Waals surface area contributed by atoms with Crippen molar-refractivity contribution in [2.75, 3.05) is 10.6 Å². The van der Waals surface area contributed by atoms with E-state index in [4.69, 9.17) is 0 Å². The fourth-order valence-corrected chi connectivity index (χ4v) is 6.03. The van der Waals surface area contributed by atoms with Crippen molar-refractivity contribution in [2.45, 2.75) is 5.52 Å². The van der Waals surface area contributed by atoms with Crippen LogP contribution in [-0.2, 0) is 9.13 Å². The number of hydrogen-bond acceptors (Lipinski definition) is 7. The highest BCUT2D eigenvalue weighted by atomic mass is 32.1. The first kappa shape index (κ1) is 25.1. The van der Waals surface area contributed by atoms with Gasteiger partial charge in [-0.3, -0.25) is 13.9 Å². The highest BCUT2D eigenvalue weighted by molar-refractivity contribution is 7.71. The van der Waals surface area contributed by atoms with Gasteiger partial charge in [-0.25, -0.2) is 14.4 Å². The molecule has 11 nitrogen and oxygen atoms in total. The number of halogens is 1. The topological polar surface area (TPSA) is 182 Å². The lowest BCUT2D eigenvalue weighted by Gasteiger charge is -2.21. The van der Waals surface area contributed by atoms with Gasteiger partial charge in [-0.1, -0.05) is 12.1 Å². The third-order valence-corrected chi connectivity index (χ3v) is 8.86. The number of nitrogens with one attached hydrogen (secondary N) is 2. The number of benzene rings is 2. The van der Waals surface area contributed by atoms with Crippen molar-refractivity contribution in [3.05, 3.63) is 71.4 Å². The Balaban J connectivity index is 1.69. The molecule has 0 saturated heterocycles. The van der Waals surface area contributed by atoms with Gasteiger partial charge < -0.3 is 30.2 Å². The maximum atomic E-state index is 13.1. The lowest BCUT2D eigenvalue weighted by molar-refractivity contribution is 0.102. The number of hydrogen-bond donors (Lipinski definition) is 6. The van der Waals surface area contributed by atoms with Crippen LogP contribution in [-0.4, -0.2) is 41.0 Å². The van der Waals surface area contributed by atoms with Crippen molar-refractivity contribution in [3.8, 4) is 11.4 Å². The minimum Gasteiger partial charge on any atom is -0.346 e. The molecular formula is C20H17FN4O7P2S. The van der Waals surface area contributed by atoms with E-state index in [9.17, 15) is 37.9 Å². The molecule has 0 bridgehead atoms. The van der Waals surface area contributed by atoms with Crippen molar-refractivity contribution < 1.29 is 37.9 Å². The summed E-state index contributed by atoms with van der Waals surface area (Å²) in [5, 5.41) is 6.82. The molecule has 35 heavy (non-hydrogen) atoms. The van der Waals surface area contributed by atoms with E-state index in [1.165, 1.54) is 23.5 Å². The second-order valence-corrected chi connectivity index (χ2v) is 12.0. The molecule has 0 aliphatic carbocycles. The van der Waals surface area contributed by atoms with Gasteiger partial charge in [0, 0.05) is 16.8 Å². The van der Waals surface area contributed by atoms with Gasteiger partial charge in [-0.05, 0) is 47.8 Å². The van der Waals surface area contributed by atoms with Crippen LogP contribution in [0.15, 0.2) is 60.0 Å². The number of rotatable bonds is 7. The van der Waals surface area contributed by atoms with Gasteiger partial charge in [-0.2, -0.15) is 0 Å². The lowest BCUT2D eigenvalue weighted by Crippen LogP contribution is -2.21. The molecule has 0 atom stereocenters. The fraction of sp³-hybridized carbons (Fsp3) is 0.0500. The Kier molecular flexibility index (Phi) is 6.85.